The van der Waals surface area contributed by atoms with Gasteiger partial charge in [-0.15, -0.1) is 16.4 Å². The number of furan rings is 1. The van der Waals surface area contributed by atoms with Crippen LogP contribution in [0.5, 0.6) is 0 Å². The Balaban J connectivity index is 1.81. The van der Waals surface area contributed by atoms with Crippen LogP contribution in [0.1, 0.15) is 29.7 Å². The molecule has 0 saturated heterocycles. The van der Waals surface area contributed by atoms with E-state index in [1.807, 2.05) is 23.5 Å². The van der Waals surface area contributed by atoms with E-state index in [1.54, 1.807) is 17.1 Å². The maximum Gasteiger partial charge on any atom is 0.217 e. The molecule has 6 heteroatoms. The molecule has 4 heterocycles. The van der Waals surface area contributed by atoms with Crippen molar-refractivity contribution in [2.24, 2.45) is 0 Å². The Morgan fingerprint density at radius 3 is 3.05 bits per heavy atom. The summed E-state index contributed by atoms with van der Waals surface area (Å²) in [5.74, 6) is 1.31. The van der Waals surface area contributed by atoms with E-state index >= 15 is 0 Å². The summed E-state index contributed by atoms with van der Waals surface area (Å²) in [5, 5.41) is 5.70. The first-order chi connectivity index (χ1) is 10.9. The molecule has 0 aliphatic heterocycles. The molecule has 0 saturated carbocycles. The summed E-state index contributed by atoms with van der Waals surface area (Å²) in [6, 6.07) is 3.74. The lowest BCUT2D eigenvalue weighted by Gasteiger charge is -1.98. The van der Waals surface area contributed by atoms with Crippen molar-refractivity contribution < 1.29 is 4.42 Å². The van der Waals surface area contributed by atoms with Gasteiger partial charge in [0.1, 0.15) is 11.2 Å². The lowest BCUT2D eigenvalue weighted by atomic mass is 10.1. The SMILES string of the molecule is c1coc(-c2nc3c4c5c(sc4ncn3n2)CCCCC5)c1. The second-order valence-corrected chi connectivity index (χ2v) is 6.75. The summed E-state index contributed by atoms with van der Waals surface area (Å²) in [7, 11) is 0. The summed E-state index contributed by atoms with van der Waals surface area (Å²) in [4.78, 5) is 11.9. The van der Waals surface area contributed by atoms with E-state index in [-0.39, 0.29) is 0 Å². The van der Waals surface area contributed by atoms with E-state index < -0.39 is 0 Å². The monoisotopic (exact) mass is 310 g/mol. The van der Waals surface area contributed by atoms with Crippen LogP contribution in [0.15, 0.2) is 29.1 Å². The Hall–Kier alpha value is -2.21. The molecule has 4 aromatic rings. The number of rotatable bonds is 1. The van der Waals surface area contributed by atoms with Crippen LogP contribution in [0.3, 0.4) is 0 Å². The first-order valence-electron chi connectivity index (χ1n) is 7.59. The number of fused-ring (bicyclic) bond motifs is 5. The highest BCUT2D eigenvalue weighted by molar-refractivity contribution is 7.19. The smallest absolute Gasteiger partial charge is 0.217 e. The minimum Gasteiger partial charge on any atom is -0.461 e. The summed E-state index contributed by atoms with van der Waals surface area (Å²) < 4.78 is 7.20. The van der Waals surface area contributed by atoms with Crippen LogP contribution >= 0.6 is 11.3 Å². The van der Waals surface area contributed by atoms with Gasteiger partial charge in [0, 0.05) is 4.88 Å². The summed E-state index contributed by atoms with van der Waals surface area (Å²) >= 11 is 1.82. The molecule has 0 unspecified atom stereocenters. The number of aryl methyl sites for hydroxylation is 2. The second kappa shape index (κ2) is 4.64. The van der Waals surface area contributed by atoms with Crippen molar-refractivity contribution in [3.63, 3.8) is 0 Å². The van der Waals surface area contributed by atoms with Gasteiger partial charge in [-0.05, 0) is 43.4 Å². The Morgan fingerprint density at radius 2 is 2.14 bits per heavy atom. The predicted molar refractivity (Wildman–Crippen MR) is 85.1 cm³/mol. The summed E-state index contributed by atoms with van der Waals surface area (Å²) in [6.07, 6.45) is 9.53. The van der Waals surface area contributed by atoms with Crippen molar-refractivity contribution in [2.45, 2.75) is 32.1 Å². The molecule has 1 aliphatic carbocycles. The predicted octanol–water partition coefficient (Wildman–Crippen LogP) is 3.87. The lowest BCUT2D eigenvalue weighted by Crippen LogP contribution is -1.92. The molecule has 5 nitrogen and oxygen atoms in total. The molecule has 4 aromatic heterocycles. The molecule has 0 aromatic carbocycles. The molecule has 0 fully saturated rings. The van der Waals surface area contributed by atoms with Crippen molar-refractivity contribution >= 4 is 27.2 Å². The van der Waals surface area contributed by atoms with Crippen molar-refractivity contribution in [1.82, 2.24) is 19.6 Å². The fraction of sp³-hybridized carbons (Fsp3) is 0.312. The third-order valence-corrected chi connectivity index (χ3v) is 5.48. The second-order valence-electron chi connectivity index (χ2n) is 5.67. The van der Waals surface area contributed by atoms with Gasteiger partial charge in [-0.25, -0.2) is 14.5 Å². The van der Waals surface area contributed by atoms with Gasteiger partial charge in [0.25, 0.3) is 0 Å². The van der Waals surface area contributed by atoms with Crippen molar-refractivity contribution in [2.75, 3.05) is 0 Å². The molecule has 0 N–H and O–H groups in total. The highest BCUT2D eigenvalue weighted by atomic mass is 32.1. The van der Waals surface area contributed by atoms with E-state index in [0.717, 1.165) is 16.9 Å². The average molecular weight is 310 g/mol. The van der Waals surface area contributed by atoms with Gasteiger partial charge in [-0.2, -0.15) is 0 Å². The van der Waals surface area contributed by atoms with Gasteiger partial charge in [0.15, 0.2) is 11.4 Å². The molecule has 0 bridgehead atoms. The minimum atomic E-state index is 0.618. The van der Waals surface area contributed by atoms with E-state index in [1.165, 1.54) is 41.5 Å². The van der Waals surface area contributed by atoms with Crippen LogP contribution in [0.2, 0.25) is 0 Å². The Kier molecular flexibility index (Phi) is 2.61. The molecule has 1 aliphatic rings. The number of hydrogen-bond acceptors (Lipinski definition) is 5. The van der Waals surface area contributed by atoms with Crippen molar-refractivity contribution in [1.29, 1.82) is 0 Å². The van der Waals surface area contributed by atoms with Crippen molar-refractivity contribution in [3.8, 4) is 11.6 Å². The Bertz CT molecular complexity index is 967. The normalized spacial score (nSPS) is 15.3. The van der Waals surface area contributed by atoms with Gasteiger partial charge < -0.3 is 4.42 Å². The zero-order valence-electron chi connectivity index (χ0n) is 12.0. The Morgan fingerprint density at radius 1 is 1.18 bits per heavy atom. The zero-order chi connectivity index (χ0) is 14.5. The fourth-order valence-corrected chi connectivity index (χ4v) is 4.46. The molecule has 0 amide bonds. The highest BCUT2D eigenvalue weighted by Gasteiger charge is 2.20. The summed E-state index contributed by atoms with van der Waals surface area (Å²) in [6.45, 7) is 0. The average Bonchev–Trinajstić information content (AvgIpc) is 3.21. The van der Waals surface area contributed by atoms with Gasteiger partial charge in [0.05, 0.1) is 11.6 Å². The quantitative estimate of drug-likeness (QED) is 0.501. The largest absolute Gasteiger partial charge is 0.461 e. The number of aromatic nitrogens is 4. The third-order valence-electron chi connectivity index (χ3n) is 4.28. The van der Waals surface area contributed by atoms with Gasteiger partial charge in [-0.3, -0.25) is 0 Å². The fourth-order valence-electron chi connectivity index (χ4n) is 3.24. The number of nitrogens with zero attached hydrogens (tertiary/aromatic N) is 4. The van der Waals surface area contributed by atoms with Crippen LogP contribution in [-0.2, 0) is 12.8 Å². The molecular weight excluding hydrogens is 296 g/mol. The van der Waals surface area contributed by atoms with Crippen LogP contribution in [0.25, 0.3) is 27.4 Å². The van der Waals surface area contributed by atoms with Crippen LogP contribution < -0.4 is 0 Å². The minimum absolute atomic E-state index is 0.618. The first-order valence-corrected chi connectivity index (χ1v) is 8.41. The number of thiophene rings is 1. The number of hydrogen-bond donors (Lipinski definition) is 0. The van der Waals surface area contributed by atoms with E-state index in [9.17, 15) is 0 Å². The lowest BCUT2D eigenvalue weighted by molar-refractivity contribution is 0.577. The van der Waals surface area contributed by atoms with Crippen LogP contribution in [0, 0.1) is 0 Å². The van der Waals surface area contributed by atoms with E-state index in [2.05, 4.69) is 10.1 Å². The molecule has 110 valence electrons. The third kappa shape index (κ3) is 1.73. The molecule has 0 spiro atoms. The highest BCUT2D eigenvalue weighted by Crippen LogP contribution is 2.36. The summed E-state index contributed by atoms with van der Waals surface area (Å²) in [5.41, 5.74) is 2.34. The van der Waals surface area contributed by atoms with Gasteiger partial charge in [0.2, 0.25) is 5.82 Å². The molecule has 5 rings (SSSR count). The standard InChI is InChI=1S/C16H14N4OS/c1-2-5-10-12(7-3-1)22-16-13(10)15-18-14(11-6-4-8-21-11)19-20(15)9-17-16/h4,6,8-9H,1-3,5,7H2. The maximum absolute atomic E-state index is 5.42. The van der Waals surface area contributed by atoms with Crippen molar-refractivity contribution in [3.05, 3.63) is 35.2 Å². The van der Waals surface area contributed by atoms with Gasteiger partial charge >= 0.3 is 0 Å². The molecule has 0 radical (unpaired) electrons. The molecular formula is C16H14N4OS. The molecule has 22 heavy (non-hydrogen) atoms. The maximum atomic E-state index is 5.42. The first kappa shape index (κ1) is 12.3. The van der Waals surface area contributed by atoms with Crippen LogP contribution in [0.4, 0.5) is 0 Å². The molecule has 0 atom stereocenters. The topological polar surface area (TPSA) is 56.2 Å². The van der Waals surface area contributed by atoms with Gasteiger partial charge in [-0.1, -0.05) is 6.42 Å². The van der Waals surface area contributed by atoms with Crippen LogP contribution in [-0.4, -0.2) is 19.6 Å². The zero-order valence-corrected chi connectivity index (χ0v) is 12.8. The van der Waals surface area contributed by atoms with E-state index in [0.29, 0.717) is 11.6 Å². The Labute approximate surface area is 130 Å². The van der Waals surface area contributed by atoms with E-state index in [4.69, 9.17) is 9.40 Å².